The second-order valence-corrected chi connectivity index (χ2v) is 4.77. The minimum absolute atomic E-state index is 0.789. The number of ether oxygens (including phenoxy) is 1. The van der Waals surface area contributed by atoms with Gasteiger partial charge in [0.15, 0.2) is 0 Å². The largest absolute Gasteiger partial charge is 0.385 e. The van der Waals surface area contributed by atoms with Gasteiger partial charge in [-0.3, -0.25) is 4.68 Å². The van der Waals surface area contributed by atoms with Gasteiger partial charge < -0.3 is 10.1 Å². The zero-order valence-electron chi connectivity index (χ0n) is 11.6. The highest BCUT2D eigenvalue weighted by atomic mass is 35.5. The van der Waals surface area contributed by atoms with Crippen molar-refractivity contribution in [3.8, 4) is 0 Å². The van der Waals surface area contributed by atoms with Gasteiger partial charge in [-0.15, -0.1) is 0 Å². The van der Waals surface area contributed by atoms with Gasteiger partial charge in [-0.1, -0.05) is 11.6 Å². The van der Waals surface area contributed by atoms with Crippen LogP contribution in [0.15, 0.2) is 0 Å². The molecule has 0 amide bonds. The number of methoxy groups -OCH3 is 1. The van der Waals surface area contributed by atoms with E-state index in [0.717, 1.165) is 49.1 Å². The van der Waals surface area contributed by atoms with E-state index in [0.29, 0.717) is 0 Å². The number of aryl methyl sites for hydroxylation is 2. The molecule has 18 heavy (non-hydrogen) atoms. The van der Waals surface area contributed by atoms with Crippen LogP contribution in [0.1, 0.15) is 37.6 Å². The van der Waals surface area contributed by atoms with Crippen LogP contribution in [-0.2, 0) is 17.8 Å². The lowest BCUT2D eigenvalue weighted by atomic mass is 10.2. The SMILES string of the molecule is CCn1nc(C)c(Cl)c1CNCCCCCOC. The van der Waals surface area contributed by atoms with E-state index in [4.69, 9.17) is 16.3 Å². The van der Waals surface area contributed by atoms with Crippen molar-refractivity contribution in [3.05, 3.63) is 16.4 Å². The van der Waals surface area contributed by atoms with Crippen LogP contribution >= 0.6 is 11.6 Å². The molecule has 5 heteroatoms. The maximum atomic E-state index is 6.23. The molecule has 104 valence electrons. The van der Waals surface area contributed by atoms with Crippen LogP contribution in [-0.4, -0.2) is 30.0 Å². The fourth-order valence-corrected chi connectivity index (χ4v) is 2.12. The number of nitrogens with one attached hydrogen (secondary N) is 1. The molecule has 0 radical (unpaired) electrons. The lowest BCUT2D eigenvalue weighted by molar-refractivity contribution is 0.192. The van der Waals surface area contributed by atoms with E-state index in [1.54, 1.807) is 7.11 Å². The van der Waals surface area contributed by atoms with Crippen LogP contribution in [0, 0.1) is 6.92 Å². The summed E-state index contributed by atoms with van der Waals surface area (Å²) >= 11 is 6.23. The fourth-order valence-electron chi connectivity index (χ4n) is 1.92. The van der Waals surface area contributed by atoms with Crippen LogP contribution in [0.2, 0.25) is 5.02 Å². The highest BCUT2D eigenvalue weighted by Crippen LogP contribution is 2.19. The Morgan fingerprint density at radius 3 is 2.78 bits per heavy atom. The molecule has 1 aromatic heterocycles. The summed E-state index contributed by atoms with van der Waals surface area (Å²) in [5.74, 6) is 0. The van der Waals surface area contributed by atoms with Crippen LogP contribution in [0.5, 0.6) is 0 Å². The summed E-state index contributed by atoms with van der Waals surface area (Å²) in [6.45, 7) is 7.54. The standard InChI is InChI=1S/C13H24ClN3O/c1-4-17-12(13(14)11(2)16-17)10-15-8-6-5-7-9-18-3/h15H,4-10H2,1-3H3. The number of rotatable bonds is 9. The highest BCUT2D eigenvalue weighted by molar-refractivity contribution is 6.31. The van der Waals surface area contributed by atoms with Crippen molar-refractivity contribution in [2.24, 2.45) is 0 Å². The Bertz CT molecular complexity index is 352. The maximum absolute atomic E-state index is 6.23. The van der Waals surface area contributed by atoms with Gasteiger partial charge in [0.05, 0.1) is 16.4 Å². The first-order chi connectivity index (χ1) is 8.70. The molecule has 1 heterocycles. The molecule has 1 N–H and O–H groups in total. The van der Waals surface area contributed by atoms with Crippen molar-refractivity contribution < 1.29 is 4.74 Å². The predicted molar refractivity (Wildman–Crippen MR) is 75.1 cm³/mol. The molecule has 4 nitrogen and oxygen atoms in total. The number of unbranched alkanes of at least 4 members (excludes halogenated alkanes) is 2. The number of nitrogens with zero attached hydrogens (tertiary/aromatic N) is 2. The lowest BCUT2D eigenvalue weighted by Crippen LogP contribution is -2.18. The predicted octanol–water partition coefficient (Wildman–Crippen LogP) is 2.77. The second kappa shape index (κ2) is 8.51. The van der Waals surface area contributed by atoms with Crippen LogP contribution in [0.4, 0.5) is 0 Å². The molecule has 0 aromatic carbocycles. The van der Waals surface area contributed by atoms with Crippen molar-refractivity contribution in [2.75, 3.05) is 20.3 Å². The number of halogens is 1. The summed E-state index contributed by atoms with van der Waals surface area (Å²) in [6.07, 6.45) is 3.49. The molecule has 1 rings (SSSR count). The third-order valence-corrected chi connectivity index (χ3v) is 3.44. The number of hydrogen-bond acceptors (Lipinski definition) is 3. The van der Waals surface area contributed by atoms with Crippen LogP contribution in [0.3, 0.4) is 0 Å². The summed E-state index contributed by atoms with van der Waals surface area (Å²) in [4.78, 5) is 0. The molecule has 0 unspecified atom stereocenters. The van der Waals surface area contributed by atoms with Gasteiger partial charge >= 0.3 is 0 Å². The Morgan fingerprint density at radius 1 is 1.33 bits per heavy atom. The molecular formula is C13H24ClN3O. The molecular weight excluding hydrogens is 250 g/mol. The molecule has 0 aliphatic carbocycles. The quantitative estimate of drug-likeness (QED) is 0.703. The van der Waals surface area contributed by atoms with Crippen molar-refractivity contribution in [3.63, 3.8) is 0 Å². The monoisotopic (exact) mass is 273 g/mol. The smallest absolute Gasteiger partial charge is 0.0860 e. The lowest BCUT2D eigenvalue weighted by Gasteiger charge is -2.07. The minimum atomic E-state index is 0.789. The van der Waals surface area contributed by atoms with Crippen LogP contribution < -0.4 is 5.32 Å². The summed E-state index contributed by atoms with van der Waals surface area (Å²) in [5, 5.41) is 8.61. The van der Waals surface area contributed by atoms with Crippen molar-refractivity contribution in [1.82, 2.24) is 15.1 Å². The van der Waals surface area contributed by atoms with Crippen molar-refractivity contribution in [1.29, 1.82) is 0 Å². The van der Waals surface area contributed by atoms with Gasteiger partial charge in [-0.25, -0.2) is 0 Å². The Morgan fingerprint density at radius 2 is 2.11 bits per heavy atom. The minimum Gasteiger partial charge on any atom is -0.385 e. The van der Waals surface area contributed by atoms with Crippen molar-refractivity contribution >= 4 is 11.6 Å². The molecule has 0 saturated heterocycles. The third kappa shape index (κ3) is 4.59. The summed E-state index contributed by atoms with van der Waals surface area (Å²) < 4.78 is 6.98. The van der Waals surface area contributed by atoms with E-state index in [1.807, 2.05) is 11.6 Å². The van der Waals surface area contributed by atoms with Gasteiger partial charge in [0.2, 0.25) is 0 Å². The third-order valence-electron chi connectivity index (χ3n) is 2.95. The molecule has 0 atom stereocenters. The van der Waals surface area contributed by atoms with Crippen LogP contribution in [0.25, 0.3) is 0 Å². The Balaban J connectivity index is 2.26. The van der Waals surface area contributed by atoms with E-state index < -0.39 is 0 Å². The highest BCUT2D eigenvalue weighted by Gasteiger charge is 2.11. The van der Waals surface area contributed by atoms with Gasteiger partial charge in [0, 0.05) is 26.8 Å². The topological polar surface area (TPSA) is 39.1 Å². The van der Waals surface area contributed by atoms with Gasteiger partial charge in [0.1, 0.15) is 0 Å². The molecule has 0 saturated carbocycles. The molecule has 0 spiro atoms. The Labute approximate surface area is 115 Å². The van der Waals surface area contributed by atoms with E-state index in [2.05, 4.69) is 17.3 Å². The first-order valence-electron chi connectivity index (χ1n) is 6.62. The Kier molecular flexibility index (Phi) is 7.32. The summed E-state index contributed by atoms with van der Waals surface area (Å²) in [5.41, 5.74) is 2.00. The normalized spacial score (nSPS) is 11.1. The number of hydrogen-bond donors (Lipinski definition) is 1. The molecule has 1 aromatic rings. The van der Waals surface area contributed by atoms with Gasteiger partial charge in [0.25, 0.3) is 0 Å². The zero-order valence-corrected chi connectivity index (χ0v) is 12.4. The molecule has 0 bridgehead atoms. The van der Waals surface area contributed by atoms with E-state index >= 15 is 0 Å². The zero-order chi connectivity index (χ0) is 13.4. The van der Waals surface area contributed by atoms with Crippen molar-refractivity contribution in [2.45, 2.75) is 46.2 Å². The van der Waals surface area contributed by atoms with E-state index in [1.165, 1.54) is 12.8 Å². The number of aromatic nitrogens is 2. The first-order valence-corrected chi connectivity index (χ1v) is 7.00. The first kappa shape index (κ1) is 15.5. The summed E-state index contributed by atoms with van der Waals surface area (Å²) in [7, 11) is 1.74. The Hall–Kier alpha value is -0.580. The molecule has 0 fully saturated rings. The van der Waals surface area contributed by atoms with E-state index in [9.17, 15) is 0 Å². The van der Waals surface area contributed by atoms with E-state index in [-0.39, 0.29) is 0 Å². The summed E-state index contributed by atoms with van der Waals surface area (Å²) in [6, 6.07) is 0. The average molecular weight is 274 g/mol. The maximum Gasteiger partial charge on any atom is 0.0860 e. The van der Waals surface area contributed by atoms with Gasteiger partial charge in [-0.2, -0.15) is 5.10 Å². The second-order valence-electron chi connectivity index (χ2n) is 4.39. The molecule has 0 aliphatic heterocycles. The fraction of sp³-hybridized carbons (Fsp3) is 0.769. The van der Waals surface area contributed by atoms with Gasteiger partial charge in [-0.05, 0) is 39.7 Å². The average Bonchev–Trinajstić information content (AvgIpc) is 2.65. The molecule has 0 aliphatic rings.